The van der Waals surface area contributed by atoms with Crippen LogP contribution in [0.15, 0.2) is 153 Å². The Morgan fingerprint density at radius 3 is 0.967 bits per heavy atom. The summed E-state index contributed by atoms with van der Waals surface area (Å²) in [5.74, 6) is 1.74. The van der Waals surface area contributed by atoms with Gasteiger partial charge in [-0.1, -0.05) is 0 Å². The summed E-state index contributed by atoms with van der Waals surface area (Å²) in [6, 6.07) is 56.2. The number of nitroso groups, excluding NO2 is 2. The van der Waals surface area contributed by atoms with Crippen LogP contribution in [0.4, 0.5) is 0 Å². The molecule has 0 unspecified atom stereocenters. The van der Waals surface area contributed by atoms with E-state index in [-0.39, 0.29) is 0 Å². The van der Waals surface area contributed by atoms with E-state index < -0.39 is 48.3 Å². The predicted molar refractivity (Wildman–Crippen MR) is 265 cm³/mol. The van der Waals surface area contributed by atoms with Gasteiger partial charge in [-0.3, -0.25) is 0 Å². The normalized spacial score (nSPS) is 11.6. The SMILES string of the molecule is CC(C)c1cc[c]([Sb]([c]2ccc(C(C)C)cc2)[c]2ccc(C(C)C)cc2)cc1.CCc1cccc([As](c2cccc(CC)c2)c2cccc(CC)c2)c1.O=[N][W]([Cl])([Br])[N]=O. The minimum absolute atomic E-state index is 0.579. The van der Waals surface area contributed by atoms with Gasteiger partial charge in [0.1, 0.15) is 0 Å². The molecule has 0 aliphatic heterocycles. The van der Waals surface area contributed by atoms with Crippen molar-refractivity contribution >= 4 is 81.2 Å². The Labute approximate surface area is 386 Å². The molecule has 0 amide bonds. The van der Waals surface area contributed by atoms with Crippen molar-refractivity contribution in [3.63, 3.8) is 0 Å². The van der Waals surface area contributed by atoms with Gasteiger partial charge < -0.3 is 0 Å². The first-order valence-corrected chi connectivity index (χ1v) is 40.1. The van der Waals surface area contributed by atoms with Gasteiger partial charge >= 0.3 is 390 Å². The monoisotopic (exact) mass is 1230 g/mol. The molecule has 0 saturated heterocycles. The van der Waals surface area contributed by atoms with Crippen LogP contribution >= 0.6 is 22.7 Å². The predicted octanol–water partition coefficient (Wildman–Crippen LogP) is 11.4. The summed E-state index contributed by atoms with van der Waals surface area (Å²) < 4.78 is 13.8. The number of hydrogen-bond acceptors (Lipinski definition) is 4. The fourth-order valence-electron chi connectivity index (χ4n) is 6.68. The first-order chi connectivity index (χ1) is 28.7. The van der Waals surface area contributed by atoms with E-state index in [9.17, 15) is 9.81 Å². The Hall–Kier alpha value is -2.65. The maximum atomic E-state index is 9.43. The third-order valence-corrected chi connectivity index (χ3v) is 26.5. The van der Waals surface area contributed by atoms with Gasteiger partial charge in [0.2, 0.25) is 0 Å². The van der Waals surface area contributed by atoms with E-state index in [1.807, 2.05) is 0 Å². The van der Waals surface area contributed by atoms with Crippen molar-refractivity contribution in [2.24, 2.45) is 7.47 Å². The molecule has 0 atom stereocenters. The second kappa shape index (κ2) is 24.9. The Balaban J connectivity index is 0.000000230. The average Bonchev–Trinajstić information content (AvgIpc) is 3.27. The third-order valence-electron chi connectivity index (χ3n) is 10.4. The van der Waals surface area contributed by atoms with Crippen LogP contribution in [0.2, 0.25) is 0 Å². The van der Waals surface area contributed by atoms with Crippen LogP contribution in [0, 0.1) is 9.81 Å². The molecule has 60 heavy (non-hydrogen) atoms. The Bertz CT molecular complexity index is 2010. The van der Waals surface area contributed by atoms with Gasteiger partial charge in [0.15, 0.2) is 0 Å². The van der Waals surface area contributed by atoms with E-state index in [1.54, 1.807) is 10.5 Å². The molecule has 6 aromatic rings. The number of nitrogens with zero attached hydrogens (tertiary/aromatic N) is 2. The van der Waals surface area contributed by atoms with Gasteiger partial charge in [-0.15, -0.1) is 0 Å². The molecule has 0 aliphatic carbocycles. The summed E-state index contributed by atoms with van der Waals surface area (Å²) in [6.07, 6.45) is 3.29. The second-order valence-corrected chi connectivity index (χ2v) is 44.6. The van der Waals surface area contributed by atoms with E-state index in [1.165, 1.54) is 46.4 Å². The Morgan fingerprint density at radius 1 is 0.500 bits per heavy atom. The molecule has 6 rings (SSSR count). The Morgan fingerprint density at radius 2 is 0.767 bits per heavy atom. The summed E-state index contributed by atoms with van der Waals surface area (Å²) >= 11 is -4.79. The summed E-state index contributed by atoms with van der Waals surface area (Å²) in [7, 11) is 5.07. The summed E-state index contributed by atoms with van der Waals surface area (Å²) in [4.78, 5) is 18.9. The van der Waals surface area contributed by atoms with Crippen molar-refractivity contribution in [2.45, 2.75) is 99.3 Å². The number of halogens is 2. The van der Waals surface area contributed by atoms with Crippen LogP contribution in [0.5, 0.6) is 0 Å². The van der Waals surface area contributed by atoms with Gasteiger partial charge in [0.05, 0.1) is 0 Å². The van der Waals surface area contributed by atoms with Gasteiger partial charge in [-0.2, -0.15) is 0 Å². The number of aryl methyl sites for hydroxylation is 3. The molecule has 0 N–H and O–H groups in total. The first-order valence-electron chi connectivity index (χ1n) is 20.8. The van der Waals surface area contributed by atoms with Gasteiger partial charge in [-0.05, 0) is 0 Å². The van der Waals surface area contributed by atoms with Crippen molar-refractivity contribution in [2.75, 3.05) is 0 Å². The van der Waals surface area contributed by atoms with Crippen LogP contribution in [-0.2, 0) is 32.7 Å². The molecule has 316 valence electrons. The van der Waals surface area contributed by atoms with Crippen molar-refractivity contribution in [1.29, 1.82) is 0 Å². The quantitative estimate of drug-likeness (QED) is 0.0806. The standard InChI is InChI=1S/C24H27As.3C9H11.BrH.ClH.2NO.Sb.W/c1-4-19-10-7-13-22(16-19)25(23-14-8-11-20(5-2)17-23)24-15-9-12-21(6-3)18-24;3*1-8(2)9-6-4-3-5-7-9;;;2*1-2;;/h7-18H,4-6H2,1-3H3;3*4-8H,1-2H3;2*1H;;;;/q;;;;;;2*-1;;+4/p-2. The topological polar surface area (TPSA) is 58.9 Å². The molecule has 0 aromatic heterocycles. The molecule has 0 spiro atoms. The molecule has 9 heteroatoms. The van der Waals surface area contributed by atoms with Crippen LogP contribution in [0.1, 0.15) is 113 Å². The van der Waals surface area contributed by atoms with E-state index in [0.29, 0.717) is 17.8 Å². The van der Waals surface area contributed by atoms with Gasteiger partial charge in [0, 0.05) is 0 Å². The summed E-state index contributed by atoms with van der Waals surface area (Å²) in [5, 5.41) is 0. The molecule has 0 heterocycles. The second-order valence-electron chi connectivity index (χ2n) is 15.5. The average molecular weight is 1230 g/mol. The third kappa shape index (κ3) is 14.7. The fraction of sp³-hybridized carbons (Fsp3) is 0.294. The number of rotatable bonds is 14. The minimum atomic E-state index is -3.84. The molecule has 0 aliphatic rings. The van der Waals surface area contributed by atoms with Crippen LogP contribution in [0.3, 0.4) is 0 Å². The van der Waals surface area contributed by atoms with Crippen molar-refractivity contribution in [1.82, 2.24) is 0 Å². The summed E-state index contributed by atoms with van der Waals surface area (Å²) in [5.41, 5.74) is 8.60. The van der Waals surface area contributed by atoms with Gasteiger partial charge in [-0.25, -0.2) is 0 Å². The fourth-order valence-corrected chi connectivity index (χ4v) is 18.4. The molecule has 0 fully saturated rings. The molecular weight excluding hydrogens is 1170 g/mol. The van der Waals surface area contributed by atoms with Crippen LogP contribution in [-0.4, -0.2) is 34.9 Å². The Kier molecular flexibility index (Phi) is 20.7. The first kappa shape index (κ1) is 50.0. The summed E-state index contributed by atoms with van der Waals surface area (Å²) in [6.45, 7) is 20.3. The number of hydrogen-bond donors (Lipinski definition) is 0. The van der Waals surface area contributed by atoms with Crippen molar-refractivity contribution in [3.05, 3.63) is 189 Å². The zero-order valence-electron chi connectivity index (χ0n) is 36.5. The molecule has 6 aromatic carbocycles. The van der Waals surface area contributed by atoms with Crippen LogP contribution in [0.25, 0.3) is 0 Å². The van der Waals surface area contributed by atoms with E-state index in [2.05, 4.69) is 229 Å². The zero-order valence-corrected chi connectivity index (χ0v) is 46.2. The molecule has 0 saturated carbocycles. The molecule has 0 radical (unpaired) electrons. The van der Waals surface area contributed by atoms with E-state index in [0.717, 1.165) is 19.3 Å². The molecule has 4 nitrogen and oxygen atoms in total. The zero-order chi connectivity index (χ0) is 43.8. The molecule has 0 bridgehead atoms. The molecular formula is C51H60AsBrClN2O2SbW. The maximum absolute atomic E-state index is 9.43. The van der Waals surface area contributed by atoms with Crippen molar-refractivity contribution < 1.29 is 13.5 Å². The van der Waals surface area contributed by atoms with Crippen LogP contribution < -0.4 is 23.6 Å². The number of benzene rings is 6. The van der Waals surface area contributed by atoms with E-state index >= 15 is 0 Å². The van der Waals surface area contributed by atoms with E-state index in [4.69, 9.17) is 9.42 Å². The van der Waals surface area contributed by atoms with Crippen molar-refractivity contribution in [3.8, 4) is 0 Å². The van der Waals surface area contributed by atoms with Gasteiger partial charge in [0.25, 0.3) is 0 Å².